The summed E-state index contributed by atoms with van der Waals surface area (Å²) in [4.78, 5) is 4.88. The third-order valence-electron chi connectivity index (χ3n) is 2.39. The molecule has 0 aliphatic rings. The molecule has 1 heterocycles. The number of hydrogen-bond acceptors (Lipinski definition) is 4. The number of hydrogen-bond donors (Lipinski definition) is 2. The van der Waals surface area contributed by atoms with E-state index in [2.05, 4.69) is 4.98 Å². The molecule has 0 saturated heterocycles. The van der Waals surface area contributed by atoms with Crippen LogP contribution in [0.1, 0.15) is 11.7 Å². The molecule has 0 fully saturated rings. The van der Waals surface area contributed by atoms with E-state index in [1.54, 1.807) is 12.4 Å². The Kier molecular flexibility index (Phi) is 4.01. The van der Waals surface area contributed by atoms with Crippen LogP contribution in [0.2, 0.25) is 0 Å². The highest BCUT2D eigenvalue weighted by molar-refractivity contribution is 7.99. The Morgan fingerprint density at radius 2 is 2.00 bits per heavy atom. The molecule has 2 rings (SSSR count). The number of benzene rings is 1. The number of nitrogen functional groups attached to an aromatic ring is 1. The van der Waals surface area contributed by atoms with E-state index in [0.29, 0.717) is 11.4 Å². The van der Waals surface area contributed by atoms with Gasteiger partial charge in [0.15, 0.2) is 0 Å². The molecule has 1 unspecified atom stereocenters. The standard InChI is InChI=1S/C13H14N2OS/c14-11-8-15-7-6-13(11)17-9-12(16)10-4-2-1-3-5-10/h1-8,12,16H,9,14H2. The van der Waals surface area contributed by atoms with Gasteiger partial charge in [0.1, 0.15) is 0 Å². The number of aliphatic hydroxyl groups excluding tert-OH is 1. The first kappa shape index (κ1) is 12.0. The zero-order valence-corrected chi connectivity index (χ0v) is 10.1. The minimum Gasteiger partial charge on any atom is -0.397 e. The molecule has 1 aromatic heterocycles. The van der Waals surface area contributed by atoms with Crippen molar-refractivity contribution in [3.63, 3.8) is 0 Å². The van der Waals surface area contributed by atoms with Gasteiger partial charge in [0.05, 0.1) is 18.0 Å². The molecular weight excluding hydrogens is 232 g/mol. The molecule has 0 saturated carbocycles. The summed E-state index contributed by atoms with van der Waals surface area (Å²) < 4.78 is 0. The number of pyridine rings is 1. The van der Waals surface area contributed by atoms with Crippen LogP contribution in [0.4, 0.5) is 5.69 Å². The topological polar surface area (TPSA) is 59.1 Å². The van der Waals surface area contributed by atoms with Crippen molar-refractivity contribution in [3.05, 3.63) is 54.4 Å². The molecule has 0 aliphatic carbocycles. The molecule has 17 heavy (non-hydrogen) atoms. The van der Waals surface area contributed by atoms with Gasteiger partial charge in [0, 0.05) is 16.8 Å². The Morgan fingerprint density at radius 1 is 1.24 bits per heavy atom. The lowest BCUT2D eigenvalue weighted by atomic mass is 10.1. The van der Waals surface area contributed by atoms with Crippen LogP contribution in [0.25, 0.3) is 0 Å². The van der Waals surface area contributed by atoms with Crippen LogP contribution >= 0.6 is 11.8 Å². The number of aliphatic hydroxyl groups is 1. The molecule has 0 bridgehead atoms. The van der Waals surface area contributed by atoms with E-state index in [9.17, 15) is 5.11 Å². The summed E-state index contributed by atoms with van der Waals surface area (Å²) in [5, 5.41) is 10.00. The Bertz CT molecular complexity index is 476. The largest absolute Gasteiger partial charge is 0.397 e. The summed E-state index contributed by atoms with van der Waals surface area (Å²) in [6, 6.07) is 11.5. The second kappa shape index (κ2) is 5.70. The Hall–Kier alpha value is -1.52. The van der Waals surface area contributed by atoms with Crippen molar-refractivity contribution in [3.8, 4) is 0 Å². The van der Waals surface area contributed by atoms with Crippen molar-refractivity contribution in [2.75, 3.05) is 11.5 Å². The molecule has 3 nitrogen and oxygen atoms in total. The number of nitrogens with zero attached hydrogens (tertiary/aromatic N) is 1. The monoisotopic (exact) mass is 246 g/mol. The van der Waals surface area contributed by atoms with E-state index in [1.807, 2.05) is 36.4 Å². The van der Waals surface area contributed by atoms with Crippen LogP contribution in [0.15, 0.2) is 53.7 Å². The Labute approximate surface area is 105 Å². The molecule has 1 aromatic carbocycles. The second-order valence-corrected chi connectivity index (χ2v) is 4.71. The molecule has 1 atom stereocenters. The van der Waals surface area contributed by atoms with Crippen molar-refractivity contribution in [1.82, 2.24) is 4.98 Å². The summed E-state index contributed by atoms with van der Waals surface area (Å²) in [5.41, 5.74) is 7.35. The summed E-state index contributed by atoms with van der Waals surface area (Å²) in [7, 11) is 0. The van der Waals surface area contributed by atoms with E-state index in [0.717, 1.165) is 10.5 Å². The van der Waals surface area contributed by atoms with Gasteiger partial charge in [-0.05, 0) is 11.6 Å². The van der Waals surface area contributed by atoms with Crippen LogP contribution in [0.5, 0.6) is 0 Å². The van der Waals surface area contributed by atoms with Gasteiger partial charge in [-0.3, -0.25) is 4.98 Å². The van der Waals surface area contributed by atoms with Gasteiger partial charge in [-0.25, -0.2) is 0 Å². The Morgan fingerprint density at radius 3 is 2.71 bits per heavy atom. The van der Waals surface area contributed by atoms with Gasteiger partial charge in [-0.15, -0.1) is 11.8 Å². The third-order valence-corrected chi connectivity index (χ3v) is 3.56. The fourth-order valence-corrected chi connectivity index (χ4v) is 2.37. The molecule has 0 radical (unpaired) electrons. The van der Waals surface area contributed by atoms with Crippen LogP contribution in [0.3, 0.4) is 0 Å². The van der Waals surface area contributed by atoms with Crippen LogP contribution in [0, 0.1) is 0 Å². The first-order valence-corrected chi connectivity index (χ1v) is 6.31. The summed E-state index contributed by atoms with van der Waals surface area (Å²) in [5.74, 6) is 0.582. The van der Waals surface area contributed by atoms with Gasteiger partial charge in [-0.1, -0.05) is 30.3 Å². The highest BCUT2D eigenvalue weighted by Crippen LogP contribution is 2.27. The van der Waals surface area contributed by atoms with E-state index in [4.69, 9.17) is 5.73 Å². The normalized spacial score (nSPS) is 12.3. The smallest absolute Gasteiger partial charge is 0.0883 e. The average molecular weight is 246 g/mol. The highest BCUT2D eigenvalue weighted by Gasteiger charge is 2.08. The predicted molar refractivity (Wildman–Crippen MR) is 70.8 cm³/mol. The minimum absolute atomic E-state index is 0.478. The predicted octanol–water partition coefficient (Wildman–Crippen LogP) is 2.49. The van der Waals surface area contributed by atoms with Crippen molar-refractivity contribution >= 4 is 17.4 Å². The number of aromatic nitrogens is 1. The van der Waals surface area contributed by atoms with Crippen molar-refractivity contribution < 1.29 is 5.11 Å². The number of anilines is 1. The summed E-state index contributed by atoms with van der Waals surface area (Å²) in [6.07, 6.45) is 2.85. The van der Waals surface area contributed by atoms with Gasteiger partial charge >= 0.3 is 0 Å². The lowest BCUT2D eigenvalue weighted by molar-refractivity contribution is 0.204. The van der Waals surface area contributed by atoms with Gasteiger partial charge in [0.25, 0.3) is 0 Å². The fraction of sp³-hybridized carbons (Fsp3) is 0.154. The molecule has 0 amide bonds. The maximum atomic E-state index is 10.00. The van der Waals surface area contributed by atoms with E-state index in [-0.39, 0.29) is 0 Å². The molecule has 2 aromatic rings. The van der Waals surface area contributed by atoms with Crippen LogP contribution in [-0.2, 0) is 0 Å². The van der Waals surface area contributed by atoms with Crippen LogP contribution in [-0.4, -0.2) is 15.8 Å². The number of nitrogens with two attached hydrogens (primary N) is 1. The quantitative estimate of drug-likeness (QED) is 0.814. The van der Waals surface area contributed by atoms with E-state index in [1.165, 1.54) is 11.8 Å². The molecule has 4 heteroatoms. The van der Waals surface area contributed by atoms with Gasteiger partial charge < -0.3 is 10.8 Å². The molecule has 3 N–H and O–H groups in total. The molecule has 0 spiro atoms. The highest BCUT2D eigenvalue weighted by atomic mass is 32.2. The van der Waals surface area contributed by atoms with Crippen molar-refractivity contribution in [2.45, 2.75) is 11.0 Å². The lowest BCUT2D eigenvalue weighted by Gasteiger charge is -2.11. The third kappa shape index (κ3) is 3.22. The minimum atomic E-state index is -0.478. The molecular formula is C13H14N2OS. The fourth-order valence-electron chi connectivity index (χ4n) is 1.47. The molecule has 88 valence electrons. The zero-order chi connectivity index (χ0) is 12.1. The zero-order valence-electron chi connectivity index (χ0n) is 9.28. The van der Waals surface area contributed by atoms with Gasteiger partial charge in [-0.2, -0.15) is 0 Å². The first-order valence-electron chi connectivity index (χ1n) is 5.32. The first-order chi connectivity index (χ1) is 8.27. The maximum absolute atomic E-state index is 10.00. The number of thioether (sulfide) groups is 1. The SMILES string of the molecule is Nc1cnccc1SCC(O)c1ccccc1. The van der Waals surface area contributed by atoms with Crippen molar-refractivity contribution in [2.24, 2.45) is 0 Å². The Balaban J connectivity index is 1.97. The average Bonchev–Trinajstić information content (AvgIpc) is 2.38. The lowest BCUT2D eigenvalue weighted by Crippen LogP contribution is -2.00. The summed E-state index contributed by atoms with van der Waals surface area (Å²) >= 11 is 1.53. The molecule has 0 aliphatic heterocycles. The van der Waals surface area contributed by atoms with Crippen molar-refractivity contribution in [1.29, 1.82) is 0 Å². The van der Waals surface area contributed by atoms with Crippen LogP contribution < -0.4 is 5.73 Å². The van der Waals surface area contributed by atoms with Gasteiger partial charge in [0.2, 0.25) is 0 Å². The second-order valence-electron chi connectivity index (χ2n) is 3.65. The van der Waals surface area contributed by atoms with E-state index >= 15 is 0 Å². The van der Waals surface area contributed by atoms with E-state index < -0.39 is 6.10 Å². The number of rotatable bonds is 4. The summed E-state index contributed by atoms with van der Waals surface area (Å²) in [6.45, 7) is 0. The maximum Gasteiger partial charge on any atom is 0.0883 e.